The minimum atomic E-state index is -0.845. The Kier molecular flexibility index (Phi) is 3.09. The zero-order valence-electron chi connectivity index (χ0n) is 4.94. The van der Waals surface area contributed by atoms with E-state index in [1.165, 1.54) is 6.92 Å². The number of carbonyl (C=O) groups excluding carboxylic acids is 1. The molecule has 0 aromatic carbocycles. The predicted molar refractivity (Wildman–Crippen MR) is 36.8 cm³/mol. The molecule has 1 unspecified atom stereocenters. The number of hydrogen-bond donors (Lipinski definition) is 2. The Balaban J connectivity index is 4.03. The van der Waals surface area contributed by atoms with Crippen LogP contribution in [-0.2, 0) is 4.79 Å². The molecule has 9 heavy (non-hydrogen) atoms. The molecule has 3 nitrogen and oxygen atoms in total. The van der Waals surface area contributed by atoms with Gasteiger partial charge in [0.15, 0.2) is 6.29 Å². The highest BCUT2D eigenvalue weighted by Crippen LogP contribution is 1.97. The summed E-state index contributed by atoms with van der Waals surface area (Å²) in [7, 11) is 0. The molecule has 4 heteroatoms. The van der Waals surface area contributed by atoms with Gasteiger partial charge in [0.1, 0.15) is 5.38 Å². The number of hydrogen-bond acceptors (Lipinski definition) is 3. The van der Waals surface area contributed by atoms with Gasteiger partial charge in [-0.1, -0.05) is 0 Å². The lowest BCUT2D eigenvalue weighted by Crippen LogP contribution is -2.21. The van der Waals surface area contributed by atoms with Gasteiger partial charge < -0.3 is 5.41 Å². The van der Waals surface area contributed by atoms with Crippen LogP contribution in [0.2, 0.25) is 0 Å². The lowest BCUT2D eigenvalue weighted by molar-refractivity contribution is -0.102. The first kappa shape index (κ1) is 8.30. The second-order valence-electron chi connectivity index (χ2n) is 1.62. The van der Waals surface area contributed by atoms with Gasteiger partial charge in [-0.05, 0) is 6.92 Å². The van der Waals surface area contributed by atoms with Crippen molar-refractivity contribution >= 4 is 29.3 Å². The molecule has 0 aliphatic carbocycles. The Morgan fingerprint density at radius 1 is 1.67 bits per heavy atom. The van der Waals surface area contributed by atoms with E-state index in [9.17, 15) is 4.79 Å². The van der Waals surface area contributed by atoms with Gasteiger partial charge in [0, 0.05) is 5.71 Å². The van der Waals surface area contributed by atoms with Crippen LogP contribution in [0, 0.1) is 10.8 Å². The van der Waals surface area contributed by atoms with Crippen LogP contribution in [0.15, 0.2) is 0 Å². The number of alkyl halides is 1. The van der Waals surface area contributed by atoms with E-state index in [0.29, 0.717) is 6.29 Å². The van der Waals surface area contributed by atoms with E-state index < -0.39 is 5.38 Å². The van der Waals surface area contributed by atoms with Crippen LogP contribution in [0.1, 0.15) is 6.92 Å². The van der Waals surface area contributed by atoms with Crippen molar-refractivity contribution in [2.45, 2.75) is 12.3 Å². The quantitative estimate of drug-likeness (QED) is 0.346. The normalized spacial score (nSPS) is 12.2. The number of carbonyl (C=O) groups is 1. The average Bonchev–Trinajstić information content (AvgIpc) is 1.84. The highest BCUT2D eigenvalue weighted by atomic mass is 35.5. The fourth-order valence-electron chi connectivity index (χ4n) is 0.293. The molecule has 0 spiro atoms. The summed E-state index contributed by atoms with van der Waals surface area (Å²) in [5.74, 6) is 0. The van der Waals surface area contributed by atoms with Gasteiger partial charge in [-0.3, -0.25) is 10.2 Å². The Bertz CT molecular complexity index is 155. The summed E-state index contributed by atoms with van der Waals surface area (Å²) < 4.78 is 0. The number of nitrogens with one attached hydrogen (secondary N) is 2. The third-order valence-electron chi connectivity index (χ3n) is 0.780. The molecule has 2 N–H and O–H groups in total. The van der Waals surface area contributed by atoms with Gasteiger partial charge in [-0.15, -0.1) is 11.6 Å². The highest BCUT2D eigenvalue weighted by molar-refractivity contribution is 6.52. The molecule has 0 radical (unpaired) electrons. The van der Waals surface area contributed by atoms with Crippen LogP contribution < -0.4 is 0 Å². The molecule has 0 aliphatic rings. The molecule has 0 aromatic rings. The molecule has 0 aliphatic heterocycles. The summed E-state index contributed by atoms with van der Waals surface area (Å²) in [6.07, 6.45) is 0.343. The van der Waals surface area contributed by atoms with Gasteiger partial charge in [0.2, 0.25) is 0 Å². The number of rotatable bonds is 3. The molecule has 50 valence electrons. The smallest absolute Gasteiger partial charge is 0.165 e. The lowest BCUT2D eigenvalue weighted by atomic mass is 10.2. The molecule has 0 rings (SSSR count). The zero-order chi connectivity index (χ0) is 7.44. The molecule has 0 saturated carbocycles. The summed E-state index contributed by atoms with van der Waals surface area (Å²) in [5.41, 5.74) is -0.141. The zero-order valence-corrected chi connectivity index (χ0v) is 5.70. The molecule has 0 amide bonds. The van der Waals surface area contributed by atoms with Crippen molar-refractivity contribution in [2.75, 3.05) is 0 Å². The Morgan fingerprint density at radius 2 is 2.11 bits per heavy atom. The van der Waals surface area contributed by atoms with Crippen LogP contribution in [-0.4, -0.2) is 23.1 Å². The van der Waals surface area contributed by atoms with E-state index in [1.54, 1.807) is 0 Å². The van der Waals surface area contributed by atoms with Crippen LogP contribution in [0.5, 0.6) is 0 Å². The summed E-state index contributed by atoms with van der Waals surface area (Å²) in [6.45, 7) is 1.45. The van der Waals surface area contributed by atoms with Crippen LogP contribution in [0.4, 0.5) is 0 Å². The Labute approximate surface area is 58.0 Å². The van der Waals surface area contributed by atoms with E-state index in [2.05, 4.69) is 0 Å². The summed E-state index contributed by atoms with van der Waals surface area (Å²) in [6, 6.07) is 0. The minimum absolute atomic E-state index is 0.119. The average molecular weight is 147 g/mol. The summed E-state index contributed by atoms with van der Waals surface area (Å²) in [4.78, 5) is 9.85. The topological polar surface area (TPSA) is 64.8 Å². The first-order chi connectivity index (χ1) is 4.09. The van der Waals surface area contributed by atoms with Crippen LogP contribution in [0.3, 0.4) is 0 Å². The molecule has 0 heterocycles. The number of aldehydes is 1. The van der Waals surface area contributed by atoms with Gasteiger partial charge in [0.25, 0.3) is 0 Å². The maximum atomic E-state index is 9.85. The fraction of sp³-hybridized carbons (Fsp3) is 0.400. The highest BCUT2D eigenvalue weighted by Gasteiger charge is 2.11. The van der Waals surface area contributed by atoms with Crippen molar-refractivity contribution in [2.24, 2.45) is 0 Å². The summed E-state index contributed by atoms with van der Waals surface area (Å²) in [5, 5.41) is 12.9. The fourth-order valence-corrected chi connectivity index (χ4v) is 0.344. The molecule has 0 saturated heterocycles. The predicted octanol–water partition coefficient (Wildman–Crippen LogP) is 0.852. The molecule has 0 aromatic heterocycles. The Morgan fingerprint density at radius 3 is 2.22 bits per heavy atom. The third kappa shape index (κ3) is 2.37. The SMILES string of the molecule is CC(=N)C(Cl)C(=N)C=O. The maximum absolute atomic E-state index is 9.85. The lowest BCUT2D eigenvalue weighted by Gasteiger charge is -2.00. The largest absolute Gasteiger partial charge is 0.308 e. The van der Waals surface area contributed by atoms with Crippen molar-refractivity contribution in [3.05, 3.63) is 0 Å². The van der Waals surface area contributed by atoms with Gasteiger partial charge in [-0.25, -0.2) is 0 Å². The van der Waals surface area contributed by atoms with Crippen molar-refractivity contribution < 1.29 is 4.79 Å². The molecular weight excluding hydrogens is 140 g/mol. The molecule has 0 bridgehead atoms. The van der Waals surface area contributed by atoms with Crippen molar-refractivity contribution in [1.82, 2.24) is 0 Å². The second-order valence-corrected chi connectivity index (χ2v) is 2.06. The third-order valence-corrected chi connectivity index (χ3v) is 1.34. The van der Waals surface area contributed by atoms with Crippen LogP contribution >= 0.6 is 11.6 Å². The first-order valence-electron chi connectivity index (χ1n) is 2.32. The van der Waals surface area contributed by atoms with Gasteiger partial charge in [-0.2, -0.15) is 0 Å². The van der Waals surface area contributed by atoms with Crippen molar-refractivity contribution in [3.8, 4) is 0 Å². The Hall–Kier alpha value is -0.700. The van der Waals surface area contributed by atoms with E-state index in [4.69, 9.17) is 22.4 Å². The van der Waals surface area contributed by atoms with Gasteiger partial charge in [0.05, 0.1) is 5.71 Å². The molecule has 1 atom stereocenters. The molecule has 0 fully saturated rings. The van der Waals surface area contributed by atoms with Gasteiger partial charge >= 0.3 is 0 Å². The van der Waals surface area contributed by atoms with Crippen LogP contribution in [0.25, 0.3) is 0 Å². The van der Waals surface area contributed by atoms with E-state index in [1.807, 2.05) is 0 Å². The second kappa shape index (κ2) is 3.35. The van der Waals surface area contributed by atoms with E-state index in [-0.39, 0.29) is 11.4 Å². The minimum Gasteiger partial charge on any atom is -0.308 e. The number of halogens is 1. The van der Waals surface area contributed by atoms with E-state index in [0.717, 1.165) is 0 Å². The van der Waals surface area contributed by atoms with Crippen molar-refractivity contribution in [3.63, 3.8) is 0 Å². The summed E-state index contributed by atoms with van der Waals surface area (Å²) >= 11 is 5.39. The monoisotopic (exact) mass is 146 g/mol. The standard InChI is InChI=1S/C5H7ClN2O/c1-3(7)5(6)4(8)2-9/h2,5,7-8H,1H3. The molecular formula is C5H7ClN2O. The van der Waals surface area contributed by atoms with Crippen molar-refractivity contribution in [1.29, 1.82) is 10.8 Å². The van der Waals surface area contributed by atoms with E-state index >= 15 is 0 Å². The maximum Gasteiger partial charge on any atom is 0.165 e. The first-order valence-corrected chi connectivity index (χ1v) is 2.76.